The molecule has 2 heterocycles. The van der Waals surface area contributed by atoms with E-state index >= 15 is 0 Å². The van der Waals surface area contributed by atoms with Gasteiger partial charge in [0, 0.05) is 12.1 Å². The number of morpholine rings is 1. The molecule has 1 N–H and O–H groups in total. The summed E-state index contributed by atoms with van der Waals surface area (Å²) < 4.78 is 44.4. The van der Waals surface area contributed by atoms with Crippen molar-refractivity contribution in [3.05, 3.63) is 41.0 Å². The molecular formula is C15H16F3NO. The number of hydrogen-bond donors (Lipinski definition) is 1. The highest BCUT2D eigenvalue weighted by molar-refractivity contribution is 5.71. The Balaban J connectivity index is 2.01. The van der Waals surface area contributed by atoms with Crippen molar-refractivity contribution in [2.45, 2.75) is 31.6 Å². The summed E-state index contributed by atoms with van der Waals surface area (Å²) in [5, 5.41) is 3.39. The predicted octanol–water partition coefficient (Wildman–Crippen LogP) is 3.16. The summed E-state index contributed by atoms with van der Waals surface area (Å²) in [6.07, 6.45) is -1.59. The van der Waals surface area contributed by atoms with E-state index < -0.39 is 11.7 Å². The number of halogens is 3. The molecular weight excluding hydrogens is 267 g/mol. The van der Waals surface area contributed by atoms with Crippen LogP contribution in [-0.4, -0.2) is 25.3 Å². The van der Waals surface area contributed by atoms with Gasteiger partial charge in [-0.15, -0.1) is 0 Å². The van der Waals surface area contributed by atoms with E-state index in [0.29, 0.717) is 30.8 Å². The first-order valence-electron chi connectivity index (χ1n) is 6.67. The monoisotopic (exact) mass is 283 g/mol. The van der Waals surface area contributed by atoms with Crippen LogP contribution >= 0.6 is 0 Å². The van der Waals surface area contributed by atoms with Gasteiger partial charge in [-0.3, -0.25) is 0 Å². The minimum Gasteiger partial charge on any atom is -0.378 e. The minimum absolute atomic E-state index is 0.103. The molecule has 2 nitrogen and oxygen atoms in total. The van der Waals surface area contributed by atoms with Crippen molar-refractivity contribution in [2.75, 3.05) is 13.2 Å². The van der Waals surface area contributed by atoms with E-state index in [2.05, 4.69) is 5.32 Å². The molecule has 3 rings (SSSR count). The van der Waals surface area contributed by atoms with Crippen molar-refractivity contribution in [2.24, 2.45) is 0 Å². The molecule has 108 valence electrons. The Kier molecular flexibility index (Phi) is 3.34. The first kappa shape index (κ1) is 13.6. The summed E-state index contributed by atoms with van der Waals surface area (Å²) in [5.41, 5.74) is 1.46. The molecule has 1 aromatic carbocycles. The maximum absolute atomic E-state index is 13.0. The van der Waals surface area contributed by atoms with Crippen LogP contribution in [0.25, 0.3) is 5.57 Å². The molecule has 2 aliphatic heterocycles. The molecule has 2 bridgehead atoms. The zero-order chi connectivity index (χ0) is 14.3. The third kappa shape index (κ3) is 2.47. The number of benzene rings is 1. The Bertz CT molecular complexity index is 551. The average Bonchev–Trinajstić information content (AvgIpc) is 2.37. The van der Waals surface area contributed by atoms with Crippen molar-refractivity contribution >= 4 is 5.57 Å². The molecule has 1 fully saturated rings. The van der Waals surface area contributed by atoms with Gasteiger partial charge in [0.2, 0.25) is 0 Å². The highest BCUT2D eigenvalue weighted by atomic mass is 19.4. The second-order valence-electron chi connectivity index (χ2n) is 5.38. The highest BCUT2D eigenvalue weighted by Gasteiger charge is 2.34. The van der Waals surface area contributed by atoms with E-state index in [1.54, 1.807) is 13.0 Å². The van der Waals surface area contributed by atoms with E-state index in [1.807, 2.05) is 6.08 Å². The van der Waals surface area contributed by atoms with Gasteiger partial charge in [0.1, 0.15) is 0 Å². The van der Waals surface area contributed by atoms with Crippen molar-refractivity contribution in [1.29, 1.82) is 0 Å². The zero-order valence-electron chi connectivity index (χ0n) is 11.1. The number of hydrogen-bond acceptors (Lipinski definition) is 2. The quantitative estimate of drug-likeness (QED) is 0.855. The van der Waals surface area contributed by atoms with E-state index in [9.17, 15) is 13.2 Å². The third-order valence-corrected chi connectivity index (χ3v) is 3.92. The Labute approximate surface area is 115 Å². The molecule has 0 radical (unpaired) electrons. The maximum atomic E-state index is 13.0. The van der Waals surface area contributed by atoms with Crippen LogP contribution in [0.1, 0.15) is 23.1 Å². The van der Waals surface area contributed by atoms with E-state index in [-0.39, 0.29) is 12.1 Å². The standard InChI is InChI=1S/C15H16F3NO/c1-9-13(3-2-4-14(9)15(16,17)18)10-5-11-7-20-8-12(6-10)19-11/h2-5,11-12,19H,6-8H2,1H3. The van der Waals surface area contributed by atoms with Gasteiger partial charge in [-0.2, -0.15) is 13.2 Å². The van der Waals surface area contributed by atoms with Gasteiger partial charge in [0.25, 0.3) is 0 Å². The fraction of sp³-hybridized carbons (Fsp3) is 0.467. The largest absolute Gasteiger partial charge is 0.416 e. The van der Waals surface area contributed by atoms with Crippen LogP contribution in [0, 0.1) is 6.92 Å². The molecule has 0 spiro atoms. The van der Waals surface area contributed by atoms with Crippen molar-refractivity contribution in [3.63, 3.8) is 0 Å². The molecule has 5 heteroatoms. The van der Waals surface area contributed by atoms with Crippen molar-refractivity contribution < 1.29 is 17.9 Å². The normalized spacial score (nSPS) is 26.3. The molecule has 0 amide bonds. The Morgan fingerprint density at radius 1 is 1.25 bits per heavy atom. The van der Waals surface area contributed by atoms with Gasteiger partial charge >= 0.3 is 6.18 Å². The fourth-order valence-electron chi connectivity index (χ4n) is 3.02. The molecule has 2 aliphatic rings. The Morgan fingerprint density at radius 2 is 2.05 bits per heavy atom. The molecule has 1 saturated heterocycles. The number of rotatable bonds is 1. The van der Waals surface area contributed by atoms with E-state index in [0.717, 1.165) is 11.6 Å². The van der Waals surface area contributed by atoms with Crippen molar-refractivity contribution in [3.8, 4) is 0 Å². The summed E-state index contributed by atoms with van der Waals surface area (Å²) in [4.78, 5) is 0. The molecule has 1 aromatic rings. The highest BCUT2D eigenvalue weighted by Crippen LogP contribution is 2.36. The molecule has 0 aromatic heterocycles. The number of nitrogens with one attached hydrogen (secondary N) is 1. The van der Waals surface area contributed by atoms with Crippen LogP contribution in [0.4, 0.5) is 13.2 Å². The van der Waals surface area contributed by atoms with Gasteiger partial charge in [-0.05, 0) is 36.1 Å². The van der Waals surface area contributed by atoms with Crippen LogP contribution in [0.15, 0.2) is 24.3 Å². The van der Waals surface area contributed by atoms with Crippen molar-refractivity contribution in [1.82, 2.24) is 5.32 Å². The van der Waals surface area contributed by atoms with Gasteiger partial charge in [0.05, 0.1) is 18.8 Å². The summed E-state index contributed by atoms with van der Waals surface area (Å²) in [7, 11) is 0. The summed E-state index contributed by atoms with van der Waals surface area (Å²) in [6.45, 7) is 2.75. The van der Waals surface area contributed by atoms with Crippen LogP contribution in [-0.2, 0) is 10.9 Å². The van der Waals surface area contributed by atoms with Crippen LogP contribution in [0.2, 0.25) is 0 Å². The van der Waals surface area contributed by atoms with Crippen LogP contribution in [0.5, 0.6) is 0 Å². The van der Waals surface area contributed by atoms with E-state index in [4.69, 9.17) is 4.74 Å². The topological polar surface area (TPSA) is 21.3 Å². The summed E-state index contributed by atoms with van der Waals surface area (Å²) >= 11 is 0. The summed E-state index contributed by atoms with van der Waals surface area (Å²) in [6, 6.07) is 4.71. The number of fused-ring (bicyclic) bond motifs is 2. The second-order valence-corrected chi connectivity index (χ2v) is 5.38. The Hall–Kier alpha value is -1.33. The molecule has 2 atom stereocenters. The van der Waals surface area contributed by atoms with Crippen LogP contribution in [0.3, 0.4) is 0 Å². The lowest BCUT2D eigenvalue weighted by Crippen LogP contribution is -2.50. The summed E-state index contributed by atoms with van der Waals surface area (Å²) in [5.74, 6) is 0. The molecule has 0 saturated carbocycles. The second kappa shape index (κ2) is 4.90. The van der Waals surface area contributed by atoms with Gasteiger partial charge in [0.15, 0.2) is 0 Å². The third-order valence-electron chi connectivity index (χ3n) is 3.92. The molecule has 2 unspecified atom stereocenters. The minimum atomic E-state index is -4.30. The first-order chi connectivity index (χ1) is 9.45. The lowest BCUT2D eigenvalue weighted by atomic mass is 9.88. The molecule has 20 heavy (non-hydrogen) atoms. The SMILES string of the molecule is Cc1c(C2=CC3COCC(C2)N3)cccc1C(F)(F)F. The van der Waals surface area contributed by atoms with Gasteiger partial charge in [-0.25, -0.2) is 0 Å². The Morgan fingerprint density at radius 3 is 2.75 bits per heavy atom. The van der Waals surface area contributed by atoms with E-state index in [1.165, 1.54) is 6.07 Å². The first-order valence-corrected chi connectivity index (χ1v) is 6.67. The average molecular weight is 283 g/mol. The van der Waals surface area contributed by atoms with Gasteiger partial charge < -0.3 is 10.1 Å². The lowest BCUT2D eigenvalue weighted by Gasteiger charge is -2.35. The zero-order valence-corrected chi connectivity index (χ0v) is 11.1. The van der Waals surface area contributed by atoms with Gasteiger partial charge in [-0.1, -0.05) is 18.2 Å². The number of ether oxygens (including phenoxy) is 1. The smallest absolute Gasteiger partial charge is 0.378 e. The lowest BCUT2D eigenvalue weighted by molar-refractivity contribution is -0.138. The van der Waals surface area contributed by atoms with Crippen LogP contribution < -0.4 is 5.32 Å². The maximum Gasteiger partial charge on any atom is 0.416 e. The molecule has 0 aliphatic carbocycles. The predicted molar refractivity (Wildman–Crippen MR) is 70.3 cm³/mol. The number of alkyl halides is 3. The fourth-order valence-corrected chi connectivity index (χ4v) is 3.02.